The van der Waals surface area contributed by atoms with Gasteiger partial charge in [-0.05, 0) is 25.0 Å². The zero-order valence-electron chi connectivity index (χ0n) is 5.52. The molecule has 45 valence electrons. The molecule has 0 atom stereocenters. The van der Waals surface area contributed by atoms with Crippen LogP contribution in [0.4, 0.5) is 0 Å². The smallest absolute Gasteiger partial charge is 0 e. The first kappa shape index (κ1) is 8.93. The first-order valence-corrected chi connectivity index (χ1v) is 2.68. The Morgan fingerprint density at radius 2 is 1.78 bits per heavy atom. The van der Waals surface area contributed by atoms with Crippen LogP contribution in [0.15, 0.2) is 24.3 Å². The van der Waals surface area contributed by atoms with Gasteiger partial charge in [-0.25, -0.2) is 0 Å². The van der Waals surface area contributed by atoms with E-state index in [2.05, 4.69) is 19.9 Å². The third-order valence-corrected chi connectivity index (χ3v) is 1.26. The molecule has 0 N–H and O–H groups in total. The van der Waals surface area contributed by atoms with Crippen LogP contribution in [0, 0.1) is 13.8 Å². The van der Waals surface area contributed by atoms with E-state index in [1.54, 1.807) is 0 Å². The molecule has 1 radical (unpaired) electrons. The Morgan fingerprint density at radius 1 is 1.22 bits per heavy atom. The maximum Gasteiger partial charge on any atom is 0 e. The average Bonchev–Trinajstić information content (AvgIpc) is 1.77. The van der Waals surface area contributed by atoms with Crippen molar-refractivity contribution in [3.63, 3.8) is 0 Å². The van der Waals surface area contributed by atoms with Gasteiger partial charge in [-0.2, -0.15) is 0 Å². The zero-order valence-corrected chi connectivity index (χ0v) is 7.08. The third kappa shape index (κ3) is 2.34. The van der Waals surface area contributed by atoms with Crippen LogP contribution in [0.25, 0.3) is 0 Å². The first-order valence-electron chi connectivity index (χ1n) is 2.68. The molecule has 0 unspecified atom stereocenters. The fraction of sp³-hybridized carbons (Fsp3) is 0.125. The molecule has 0 amide bonds. The summed E-state index contributed by atoms with van der Waals surface area (Å²) in [5.41, 5.74) is 2.38. The van der Waals surface area contributed by atoms with E-state index in [1.165, 1.54) is 5.56 Å². The van der Waals surface area contributed by atoms with Crippen LogP contribution in [0.3, 0.4) is 0 Å². The van der Waals surface area contributed by atoms with Gasteiger partial charge in [0.1, 0.15) is 0 Å². The van der Waals surface area contributed by atoms with Crippen LogP contribution in [-0.2, 0) is 21.7 Å². The predicted molar refractivity (Wildman–Crippen MR) is 35.6 cm³/mol. The Kier molecular flexibility index (Phi) is 3.84. The van der Waals surface area contributed by atoms with Gasteiger partial charge >= 0.3 is 0 Å². The van der Waals surface area contributed by atoms with Crippen LogP contribution in [0.5, 0.6) is 0 Å². The van der Waals surface area contributed by atoms with Crippen molar-refractivity contribution in [2.24, 2.45) is 0 Å². The van der Waals surface area contributed by atoms with Crippen LogP contribution in [-0.4, -0.2) is 0 Å². The van der Waals surface area contributed by atoms with Crippen LogP contribution < -0.4 is 0 Å². The van der Waals surface area contributed by atoms with E-state index in [4.69, 9.17) is 0 Å². The van der Waals surface area contributed by atoms with Crippen LogP contribution in [0.2, 0.25) is 0 Å². The summed E-state index contributed by atoms with van der Waals surface area (Å²) < 4.78 is 0. The molecule has 0 fully saturated rings. The molecule has 1 rings (SSSR count). The van der Waals surface area contributed by atoms with E-state index in [0.717, 1.165) is 5.56 Å². The van der Waals surface area contributed by atoms with Crippen molar-refractivity contribution in [2.75, 3.05) is 0 Å². The fourth-order valence-corrected chi connectivity index (χ4v) is 0.610. The van der Waals surface area contributed by atoms with Gasteiger partial charge in [-0.3, -0.25) is 0 Å². The van der Waals surface area contributed by atoms with Crippen molar-refractivity contribution in [1.29, 1.82) is 0 Å². The van der Waals surface area contributed by atoms with Crippen molar-refractivity contribution < 1.29 is 21.7 Å². The standard InChI is InChI=1S/C8H9.Ti/c1-7-5-3-4-6-8(7)2;/h3-6H,1H2,2H3;. The predicted octanol–water partition coefficient (Wildman–Crippen LogP) is 2.17. The molecule has 0 saturated carbocycles. The number of rotatable bonds is 0. The van der Waals surface area contributed by atoms with Gasteiger partial charge in [-0.15, -0.1) is 0 Å². The van der Waals surface area contributed by atoms with Crippen molar-refractivity contribution in [3.8, 4) is 0 Å². The van der Waals surface area contributed by atoms with Gasteiger partial charge in [-0.1, -0.05) is 24.3 Å². The fourth-order valence-electron chi connectivity index (χ4n) is 0.610. The molecular weight excluding hydrogens is 144 g/mol. The second kappa shape index (κ2) is 3.87. The number of hydrogen-bond acceptors (Lipinski definition) is 0. The quantitative estimate of drug-likeness (QED) is 0.501. The number of aryl methyl sites for hydroxylation is 1. The second-order valence-electron chi connectivity index (χ2n) is 1.93. The minimum Gasteiger partial charge on any atom is -0.0620 e. The maximum absolute atomic E-state index is 3.82. The number of benzene rings is 1. The summed E-state index contributed by atoms with van der Waals surface area (Å²) in [7, 11) is 0. The molecule has 0 spiro atoms. The Hall–Kier alpha value is -0.0657. The molecule has 0 aliphatic heterocycles. The van der Waals surface area contributed by atoms with Crippen molar-refractivity contribution >= 4 is 0 Å². The molecule has 0 aliphatic carbocycles. The molecule has 1 heteroatoms. The molecule has 0 heterocycles. The van der Waals surface area contributed by atoms with E-state index in [9.17, 15) is 0 Å². The second-order valence-corrected chi connectivity index (χ2v) is 1.93. The Labute approximate surface area is 71.2 Å². The van der Waals surface area contributed by atoms with Crippen LogP contribution >= 0.6 is 0 Å². The summed E-state index contributed by atoms with van der Waals surface area (Å²) in [6.07, 6.45) is 0. The molecular formula is C8H9Ti. The van der Waals surface area contributed by atoms with E-state index in [-0.39, 0.29) is 21.7 Å². The Morgan fingerprint density at radius 3 is 2.11 bits per heavy atom. The van der Waals surface area contributed by atoms with Gasteiger partial charge < -0.3 is 0 Å². The summed E-state index contributed by atoms with van der Waals surface area (Å²) in [4.78, 5) is 0. The molecule has 9 heavy (non-hydrogen) atoms. The SMILES string of the molecule is [CH2]c1ccccc1C.[Ti]. The Balaban J connectivity index is 0.000000640. The van der Waals surface area contributed by atoms with Gasteiger partial charge in [0.15, 0.2) is 0 Å². The van der Waals surface area contributed by atoms with Crippen molar-refractivity contribution in [1.82, 2.24) is 0 Å². The molecule has 0 bridgehead atoms. The summed E-state index contributed by atoms with van der Waals surface area (Å²) in [5.74, 6) is 0. The average molecular weight is 153 g/mol. The van der Waals surface area contributed by atoms with E-state index in [1.807, 2.05) is 18.2 Å². The summed E-state index contributed by atoms with van der Waals surface area (Å²) in [5, 5.41) is 0. The molecule has 1 aromatic carbocycles. The third-order valence-electron chi connectivity index (χ3n) is 1.26. The van der Waals surface area contributed by atoms with Gasteiger partial charge in [0.25, 0.3) is 0 Å². The molecule has 0 aromatic heterocycles. The molecule has 0 saturated heterocycles. The largest absolute Gasteiger partial charge is 0.0620 e. The first-order chi connectivity index (χ1) is 3.80. The van der Waals surface area contributed by atoms with Gasteiger partial charge in [0.2, 0.25) is 0 Å². The summed E-state index contributed by atoms with van der Waals surface area (Å²) in [6, 6.07) is 8.08. The topological polar surface area (TPSA) is 0 Å². The zero-order chi connectivity index (χ0) is 5.98. The summed E-state index contributed by atoms with van der Waals surface area (Å²) >= 11 is 0. The summed E-state index contributed by atoms with van der Waals surface area (Å²) in [6.45, 7) is 5.88. The van der Waals surface area contributed by atoms with Crippen molar-refractivity contribution in [2.45, 2.75) is 6.92 Å². The van der Waals surface area contributed by atoms with Gasteiger partial charge in [0.05, 0.1) is 0 Å². The maximum atomic E-state index is 3.82. The minimum atomic E-state index is 0. The molecule has 0 nitrogen and oxygen atoms in total. The normalized spacial score (nSPS) is 8.22. The van der Waals surface area contributed by atoms with Crippen molar-refractivity contribution in [3.05, 3.63) is 42.3 Å². The van der Waals surface area contributed by atoms with E-state index < -0.39 is 0 Å². The molecule has 0 aliphatic rings. The van der Waals surface area contributed by atoms with E-state index >= 15 is 0 Å². The van der Waals surface area contributed by atoms with Crippen LogP contribution in [0.1, 0.15) is 11.1 Å². The molecule has 1 aromatic rings. The minimum absolute atomic E-state index is 0. The van der Waals surface area contributed by atoms with E-state index in [0.29, 0.717) is 0 Å². The van der Waals surface area contributed by atoms with Gasteiger partial charge in [0, 0.05) is 21.7 Å². The Bertz CT molecular complexity index is 161. The number of hydrogen-bond donors (Lipinski definition) is 0. The monoisotopic (exact) mass is 153 g/mol.